The van der Waals surface area contributed by atoms with Crippen molar-refractivity contribution in [3.63, 3.8) is 0 Å². The lowest BCUT2D eigenvalue weighted by molar-refractivity contribution is 1.08. The Kier molecular flexibility index (Phi) is 7.00. The summed E-state index contributed by atoms with van der Waals surface area (Å²) in [6.45, 7) is 0. The number of rotatable bonds is 5. The maximum absolute atomic E-state index is 5.14. The van der Waals surface area contributed by atoms with E-state index in [0.29, 0.717) is 17.5 Å². The second-order valence-corrected chi connectivity index (χ2v) is 14.0. The first-order chi connectivity index (χ1) is 25.2. The Morgan fingerprint density at radius 3 is 1.55 bits per heavy atom. The molecule has 2 aromatic heterocycles. The molecule has 8 aromatic carbocycles. The average Bonchev–Trinajstić information content (AvgIpc) is 3.58. The van der Waals surface area contributed by atoms with Gasteiger partial charge in [0.2, 0.25) is 0 Å². The van der Waals surface area contributed by atoms with Crippen LogP contribution in [0.5, 0.6) is 0 Å². The third-order valence-corrected chi connectivity index (χ3v) is 10.8. The second kappa shape index (κ2) is 12.1. The molecule has 0 radical (unpaired) electrons. The Balaban J connectivity index is 1.12. The average molecular weight is 668 g/mol. The highest BCUT2D eigenvalue weighted by atomic mass is 32.1. The van der Waals surface area contributed by atoms with Crippen LogP contribution < -0.4 is 0 Å². The SMILES string of the molecule is c1ccc(-c2cccc(-c3nc(-c4ccc5ccc(-c6ccc7ccccc7c6)cc5c4)nc(-c4ccc5c(c4)sc4ccccc45)n3)c2)cc1. The van der Waals surface area contributed by atoms with Gasteiger partial charge in [-0.1, -0.05) is 140 Å². The van der Waals surface area contributed by atoms with Crippen molar-refractivity contribution in [1.82, 2.24) is 15.0 Å². The summed E-state index contributed by atoms with van der Waals surface area (Å²) < 4.78 is 2.49. The summed E-state index contributed by atoms with van der Waals surface area (Å²) in [6, 6.07) is 62.4. The molecular weight excluding hydrogens is 639 g/mol. The maximum Gasteiger partial charge on any atom is 0.164 e. The number of thiophene rings is 1. The predicted molar refractivity (Wildman–Crippen MR) is 215 cm³/mol. The Hall–Kier alpha value is -6.49. The first-order valence-electron chi connectivity index (χ1n) is 17.1. The van der Waals surface area contributed by atoms with Gasteiger partial charge in [-0.3, -0.25) is 0 Å². The number of hydrogen-bond donors (Lipinski definition) is 0. The maximum atomic E-state index is 5.14. The van der Waals surface area contributed by atoms with E-state index in [0.717, 1.165) is 33.2 Å². The Morgan fingerprint density at radius 1 is 0.275 bits per heavy atom. The van der Waals surface area contributed by atoms with Gasteiger partial charge in [0.05, 0.1) is 0 Å². The molecule has 2 heterocycles. The molecule has 0 atom stereocenters. The van der Waals surface area contributed by atoms with E-state index in [1.165, 1.54) is 47.5 Å². The van der Waals surface area contributed by atoms with Gasteiger partial charge in [0.15, 0.2) is 17.5 Å². The summed E-state index contributed by atoms with van der Waals surface area (Å²) in [6.07, 6.45) is 0. The van der Waals surface area contributed by atoms with Crippen LogP contribution in [0.25, 0.3) is 98.1 Å². The fraction of sp³-hybridized carbons (Fsp3) is 0. The predicted octanol–water partition coefficient (Wildman–Crippen LogP) is 12.9. The highest BCUT2D eigenvalue weighted by Crippen LogP contribution is 2.37. The van der Waals surface area contributed by atoms with Crippen molar-refractivity contribution in [2.45, 2.75) is 0 Å². The first-order valence-corrected chi connectivity index (χ1v) is 17.9. The molecule has 0 N–H and O–H groups in total. The van der Waals surface area contributed by atoms with Crippen molar-refractivity contribution >= 4 is 53.1 Å². The molecule has 0 spiro atoms. The van der Waals surface area contributed by atoms with Crippen LogP contribution in [0.15, 0.2) is 176 Å². The van der Waals surface area contributed by atoms with E-state index in [1.54, 1.807) is 11.3 Å². The minimum atomic E-state index is 0.647. The molecule has 0 unspecified atom stereocenters. The number of fused-ring (bicyclic) bond motifs is 5. The molecule has 238 valence electrons. The topological polar surface area (TPSA) is 38.7 Å². The van der Waals surface area contributed by atoms with Crippen LogP contribution >= 0.6 is 11.3 Å². The van der Waals surface area contributed by atoms with Crippen molar-refractivity contribution in [3.05, 3.63) is 176 Å². The molecule has 10 aromatic rings. The van der Waals surface area contributed by atoms with E-state index >= 15 is 0 Å². The number of aromatic nitrogens is 3. The van der Waals surface area contributed by atoms with Gasteiger partial charge in [0.1, 0.15) is 0 Å². The summed E-state index contributed by atoms with van der Waals surface area (Å²) in [5.74, 6) is 1.95. The summed E-state index contributed by atoms with van der Waals surface area (Å²) in [4.78, 5) is 15.4. The Labute approximate surface area is 299 Å². The van der Waals surface area contributed by atoms with Crippen LogP contribution in [0, 0.1) is 0 Å². The standard InChI is InChI=1S/C47H29N3S/c1-2-9-30(10-3-1)34-13-8-14-37(26-34)45-48-46(50-47(49-45)39-23-24-42-41-15-6-7-16-43(41)51-44(42)29-39)38-22-19-32-18-21-36(27-40(32)28-38)35-20-17-31-11-4-5-12-33(31)25-35/h1-29H. The molecule has 0 aliphatic heterocycles. The molecule has 51 heavy (non-hydrogen) atoms. The molecule has 0 aliphatic carbocycles. The lowest BCUT2D eigenvalue weighted by atomic mass is 9.98. The van der Waals surface area contributed by atoms with Crippen LogP contribution in [-0.2, 0) is 0 Å². The van der Waals surface area contributed by atoms with Crippen LogP contribution in [0.4, 0.5) is 0 Å². The number of nitrogens with zero attached hydrogens (tertiary/aromatic N) is 3. The van der Waals surface area contributed by atoms with Gasteiger partial charge in [0, 0.05) is 36.9 Å². The zero-order valence-electron chi connectivity index (χ0n) is 27.5. The van der Waals surface area contributed by atoms with Crippen molar-refractivity contribution in [2.75, 3.05) is 0 Å². The second-order valence-electron chi connectivity index (χ2n) is 12.9. The van der Waals surface area contributed by atoms with Crippen molar-refractivity contribution < 1.29 is 0 Å². The van der Waals surface area contributed by atoms with E-state index in [4.69, 9.17) is 15.0 Å². The summed E-state index contributed by atoms with van der Waals surface area (Å²) in [5, 5.41) is 7.31. The van der Waals surface area contributed by atoms with Crippen molar-refractivity contribution in [3.8, 4) is 56.4 Å². The zero-order valence-corrected chi connectivity index (χ0v) is 28.3. The highest BCUT2D eigenvalue weighted by Gasteiger charge is 2.15. The third kappa shape index (κ3) is 5.43. The normalized spacial score (nSPS) is 11.5. The van der Waals surface area contributed by atoms with Crippen LogP contribution in [0.2, 0.25) is 0 Å². The molecule has 4 heteroatoms. The van der Waals surface area contributed by atoms with Gasteiger partial charge in [-0.05, 0) is 80.2 Å². The molecule has 10 rings (SSSR count). The summed E-state index contributed by atoms with van der Waals surface area (Å²) in [7, 11) is 0. The summed E-state index contributed by atoms with van der Waals surface area (Å²) in [5.41, 5.74) is 7.51. The van der Waals surface area contributed by atoms with Gasteiger partial charge in [-0.25, -0.2) is 15.0 Å². The molecule has 0 saturated carbocycles. The van der Waals surface area contributed by atoms with E-state index < -0.39 is 0 Å². The molecule has 0 fully saturated rings. The molecule has 0 bridgehead atoms. The first kappa shape index (κ1) is 29.4. The molecule has 0 aliphatic rings. The fourth-order valence-corrected chi connectivity index (χ4v) is 8.18. The molecular formula is C47H29N3S. The minimum Gasteiger partial charge on any atom is -0.208 e. The monoisotopic (exact) mass is 667 g/mol. The lowest BCUT2D eigenvalue weighted by Gasteiger charge is -2.11. The van der Waals surface area contributed by atoms with Gasteiger partial charge in [-0.15, -0.1) is 11.3 Å². The zero-order chi connectivity index (χ0) is 33.7. The largest absolute Gasteiger partial charge is 0.208 e. The van der Waals surface area contributed by atoms with E-state index in [-0.39, 0.29) is 0 Å². The van der Waals surface area contributed by atoms with Gasteiger partial charge >= 0.3 is 0 Å². The van der Waals surface area contributed by atoms with E-state index in [2.05, 4.69) is 170 Å². The Morgan fingerprint density at radius 2 is 0.765 bits per heavy atom. The molecule has 0 amide bonds. The third-order valence-electron chi connectivity index (χ3n) is 9.68. The van der Waals surface area contributed by atoms with Crippen molar-refractivity contribution in [2.24, 2.45) is 0 Å². The lowest BCUT2D eigenvalue weighted by Crippen LogP contribution is -2.00. The molecule has 0 saturated heterocycles. The highest BCUT2D eigenvalue weighted by molar-refractivity contribution is 7.25. The number of benzene rings is 8. The van der Waals surface area contributed by atoms with E-state index in [9.17, 15) is 0 Å². The van der Waals surface area contributed by atoms with Gasteiger partial charge < -0.3 is 0 Å². The van der Waals surface area contributed by atoms with E-state index in [1.807, 2.05) is 6.07 Å². The van der Waals surface area contributed by atoms with Crippen LogP contribution in [-0.4, -0.2) is 15.0 Å². The smallest absolute Gasteiger partial charge is 0.164 e. The quantitative estimate of drug-likeness (QED) is 0.183. The number of hydrogen-bond acceptors (Lipinski definition) is 4. The van der Waals surface area contributed by atoms with Crippen LogP contribution in [0.3, 0.4) is 0 Å². The van der Waals surface area contributed by atoms with Gasteiger partial charge in [-0.2, -0.15) is 0 Å². The fourth-order valence-electron chi connectivity index (χ4n) is 7.03. The minimum absolute atomic E-state index is 0.647. The van der Waals surface area contributed by atoms with Gasteiger partial charge in [0.25, 0.3) is 0 Å². The van der Waals surface area contributed by atoms with Crippen molar-refractivity contribution in [1.29, 1.82) is 0 Å². The van der Waals surface area contributed by atoms with Crippen LogP contribution in [0.1, 0.15) is 0 Å². The molecule has 3 nitrogen and oxygen atoms in total. The Bertz CT molecular complexity index is 2930. The summed E-state index contributed by atoms with van der Waals surface area (Å²) >= 11 is 1.80.